The van der Waals surface area contributed by atoms with E-state index >= 15 is 0 Å². The van der Waals surface area contributed by atoms with Gasteiger partial charge in [-0.05, 0) is 54.8 Å². The van der Waals surface area contributed by atoms with E-state index in [1.807, 2.05) is 18.2 Å². The van der Waals surface area contributed by atoms with Crippen molar-refractivity contribution >= 4 is 57.5 Å². The fourth-order valence-corrected chi connectivity index (χ4v) is 5.24. The Hall–Kier alpha value is -1.58. The van der Waals surface area contributed by atoms with Crippen LogP contribution in [0.4, 0.5) is 15.2 Å². The number of hydrogen-bond acceptors (Lipinski definition) is 7. The molecule has 1 aliphatic heterocycles. The van der Waals surface area contributed by atoms with Crippen molar-refractivity contribution in [3.63, 3.8) is 0 Å². The second kappa shape index (κ2) is 9.70. The van der Waals surface area contributed by atoms with Gasteiger partial charge in [0.05, 0.1) is 10.7 Å². The van der Waals surface area contributed by atoms with Crippen LogP contribution in [-0.4, -0.2) is 40.4 Å². The Labute approximate surface area is 193 Å². The van der Waals surface area contributed by atoms with Gasteiger partial charge in [-0.25, -0.2) is 9.37 Å². The zero-order valence-electron chi connectivity index (χ0n) is 16.2. The molecular formula is C20H20Cl2FN5S2. The average Bonchev–Trinajstić information content (AvgIpc) is 3.41. The van der Waals surface area contributed by atoms with Gasteiger partial charge in [0.15, 0.2) is 0 Å². The number of aromatic nitrogens is 2. The van der Waals surface area contributed by atoms with Crippen LogP contribution in [0.1, 0.15) is 12.0 Å². The molecule has 30 heavy (non-hydrogen) atoms. The highest BCUT2D eigenvalue weighted by atomic mass is 35.5. The van der Waals surface area contributed by atoms with E-state index < -0.39 is 0 Å². The van der Waals surface area contributed by atoms with E-state index in [2.05, 4.69) is 30.9 Å². The van der Waals surface area contributed by atoms with Crippen LogP contribution in [0.15, 0.2) is 47.6 Å². The van der Waals surface area contributed by atoms with Gasteiger partial charge < -0.3 is 9.62 Å². The predicted octanol–water partition coefficient (Wildman–Crippen LogP) is 5.81. The van der Waals surface area contributed by atoms with Gasteiger partial charge in [0.2, 0.25) is 5.13 Å². The van der Waals surface area contributed by atoms with Crippen molar-refractivity contribution < 1.29 is 4.39 Å². The van der Waals surface area contributed by atoms with E-state index in [0.717, 1.165) is 35.2 Å². The molecular weight excluding hydrogens is 464 g/mol. The summed E-state index contributed by atoms with van der Waals surface area (Å²) in [6.07, 6.45) is 2.51. The van der Waals surface area contributed by atoms with Crippen LogP contribution in [0.3, 0.4) is 0 Å². The first-order chi connectivity index (χ1) is 14.5. The summed E-state index contributed by atoms with van der Waals surface area (Å²) >= 11 is 15.4. The summed E-state index contributed by atoms with van der Waals surface area (Å²) in [5.41, 5.74) is 1.62. The molecule has 0 radical (unpaired) electrons. The molecule has 0 aliphatic carbocycles. The molecule has 158 valence electrons. The van der Waals surface area contributed by atoms with E-state index in [4.69, 9.17) is 23.2 Å². The molecule has 0 saturated carbocycles. The minimum atomic E-state index is -0.213. The van der Waals surface area contributed by atoms with Gasteiger partial charge in [-0.1, -0.05) is 23.2 Å². The van der Waals surface area contributed by atoms with Crippen LogP contribution in [-0.2, 0) is 6.54 Å². The lowest BCUT2D eigenvalue weighted by molar-refractivity contribution is 0.320. The third-order valence-electron chi connectivity index (χ3n) is 5.11. The number of likely N-dealkylation sites (N-methyl/N-ethyl adjacent to an activating group) is 1. The van der Waals surface area contributed by atoms with E-state index in [0.29, 0.717) is 28.2 Å². The van der Waals surface area contributed by atoms with Gasteiger partial charge in [-0.3, -0.25) is 4.90 Å². The van der Waals surface area contributed by atoms with Gasteiger partial charge in [0.1, 0.15) is 12.1 Å². The molecule has 5 nitrogen and oxygen atoms in total. The number of benzene rings is 2. The summed E-state index contributed by atoms with van der Waals surface area (Å²) in [7, 11) is 2.06. The second-order valence-electron chi connectivity index (χ2n) is 7.09. The Morgan fingerprint density at radius 1 is 1.30 bits per heavy atom. The van der Waals surface area contributed by atoms with Crippen molar-refractivity contribution in [2.45, 2.75) is 23.9 Å². The van der Waals surface area contributed by atoms with Crippen molar-refractivity contribution in [2.75, 3.05) is 29.8 Å². The summed E-state index contributed by atoms with van der Waals surface area (Å²) in [5, 5.41) is 2.00. The van der Waals surface area contributed by atoms with Crippen LogP contribution in [0.25, 0.3) is 0 Å². The predicted molar refractivity (Wildman–Crippen MR) is 124 cm³/mol. The minimum absolute atomic E-state index is 0.213. The molecule has 2 aromatic carbocycles. The zero-order valence-corrected chi connectivity index (χ0v) is 19.3. The maximum atomic E-state index is 14.1. The normalized spacial score (nSPS) is 16.7. The van der Waals surface area contributed by atoms with Gasteiger partial charge in [0.25, 0.3) is 0 Å². The van der Waals surface area contributed by atoms with E-state index in [-0.39, 0.29) is 5.82 Å². The SMILES string of the molecule is CN(c1ccc(SNc2ncns2)cc1Cl)C1CCN(Cc2cc(Cl)ccc2F)C1. The van der Waals surface area contributed by atoms with Gasteiger partial charge in [-0.2, -0.15) is 4.37 Å². The smallest absolute Gasteiger partial charge is 0.212 e. The maximum absolute atomic E-state index is 14.1. The first-order valence-electron chi connectivity index (χ1n) is 9.38. The van der Waals surface area contributed by atoms with Gasteiger partial charge >= 0.3 is 0 Å². The second-order valence-corrected chi connectivity index (χ2v) is 9.59. The molecule has 1 fully saturated rings. The fraction of sp³-hybridized carbons (Fsp3) is 0.300. The topological polar surface area (TPSA) is 44.3 Å². The summed E-state index contributed by atoms with van der Waals surface area (Å²) < 4.78 is 21.2. The molecule has 1 aliphatic rings. The quantitative estimate of drug-likeness (QED) is 0.427. The molecule has 10 heteroatoms. The Morgan fingerprint density at radius 2 is 2.17 bits per heavy atom. The number of rotatable bonds is 7. The van der Waals surface area contributed by atoms with Crippen LogP contribution in [0.2, 0.25) is 10.0 Å². The molecule has 1 saturated heterocycles. The Balaban J connectivity index is 1.37. The van der Waals surface area contributed by atoms with Gasteiger partial charge in [-0.15, -0.1) is 0 Å². The Kier molecular flexibility index (Phi) is 7.00. The molecule has 0 bridgehead atoms. The lowest BCUT2D eigenvalue weighted by atomic mass is 10.2. The summed E-state index contributed by atoms with van der Waals surface area (Å²) in [6.45, 7) is 2.30. The van der Waals surface area contributed by atoms with Crippen molar-refractivity contribution in [1.29, 1.82) is 0 Å². The van der Waals surface area contributed by atoms with E-state index in [1.54, 1.807) is 12.1 Å². The van der Waals surface area contributed by atoms with Crippen LogP contribution < -0.4 is 9.62 Å². The molecule has 4 rings (SSSR count). The zero-order chi connectivity index (χ0) is 21.1. The molecule has 1 N–H and O–H groups in total. The van der Waals surface area contributed by atoms with Crippen molar-refractivity contribution in [1.82, 2.24) is 14.3 Å². The third-order valence-corrected chi connectivity index (χ3v) is 7.15. The van der Waals surface area contributed by atoms with Crippen molar-refractivity contribution in [3.8, 4) is 0 Å². The first kappa shape index (κ1) is 21.6. The number of hydrogen-bond donors (Lipinski definition) is 1. The Bertz CT molecular complexity index is 1000. The molecule has 3 aromatic rings. The number of nitrogens with zero attached hydrogens (tertiary/aromatic N) is 4. The van der Waals surface area contributed by atoms with E-state index in [9.17, 15) is 4.39 Å². The highest BCUT2D eigenvalue weighted by molar-refractivity contribution is 8.00. The lowest BCUT2D eigenvalue weighted by Gasteiger charge is -2.28. The third kappa shape index (κ3) is 5.18. The van der Waals surface area contributed by atoms with Crippen LogP contribution in [0.5, 0.6) is 0 Å². The largest absolute Gasteiger partial charge is 0.369 e. The number of nitrogens with one attached hydrogen (secondary N) is 1. The van der Waals surface area contributed by atoms with Crippen molar-refractivity contribution in [2.24, 2.45) is 0 Å². The molecule has 0 spiro atoms. The maximum Gasteiger partial charge on any atom is 0.212 e. The highest BCUT2D eigenvalue weighted by Crippen LogP contribution is 2.33. The van der Waals surface area contributed by atoms with Crippen LogP contribution >= 0.6 is 46.7 Å². The van der Waals surface area contributed by atoms with E-state index in [1.165, 1.54) is 35.9 Å². The molecule has 1 atom stereocenters. The Morgan fingerprint density at radius 3 is 2.93 bits per heavy atom. The standard InChI is InChI=1S/C20H20Cl2FN5S2/c1-27(15-6-7-28(11-15)10-13-8-14(21)2-4-18(13)23)19-5-3-16(9-17(19)22)29-26-20-24-12-25-30-20/h2-5,8-9,12,15H,6-7,10-11H2,1H3,(H,24,25,26). The summed E-state index contributed by atoms with van der Waals surface area (Å²) in [5.74, 6) is -0.213. The molecule has 2 heterocycles. The summed E-state index contributed by atoms with van der Waals surface area (Å²) in [6, 6.07) is 11.0. The molecule has 0 amide bonds. The monoisotopic (exact) mass is 483 g/mol. The highest BCUT2D eigenvalue weighted by Gasteiger charge is 2.27. The minimum Gasteiger partial charge on any atom is -0.369 e. The fourth-order valence-electron chi connectivity index (χ4n) is 3.53. The summed E-state index contributed by atoms with van der Waals surface area (Å²) in [4.78, 5) is 9.56. The lowest BCUT2D eigenvalue weighted by Crippen LogP contribution is -2.34. The van der Waals surface area contributed by atoms with Gasteiger partial charge in [0, 0.05) is 59.7 Å². The van der Waals surface area contributed by atoms with Crippen LogP contribution in [0, 0.1) is 5.82 Å². The number of halogens is 3. The molecule has 1 unspecified atom stereocenters. The first-order valence-corrected chi connectivity index (χ1v) is 11.7. The number of likely N-dealkylation sites (tertiary alicyclic amines) is 1. The number of anilines is 2. The average molecular weight is 484 g/mol. The van der Waals surface area contributed by atoms with Crippen molar-refractivity contribution in [3.05, 3.63) is 64.2 Å². The molecule has 1 aromatic heterocycles.